The van der Waals surface area contributed by atoms with Crippen LogP contribution in [0.25, 0.3) is 0 Å². The summed E-state index contributed by atoms with van der Waals surface area (Å²) in [6.45, 7) is 0. The molecule has 0 aromatic heterocycles. The zero-order valence-electron chi connectivity index (χ0n) is 2.23. The molecule has 0 atom stereocenters. The molecule has 1 amide bonds. The minimum absolute atomic E-state index is 0. The molecule has 0 aromatic carbocycles. The molecule has 0 aliphatic heterocycles. The molecule has 0 radical (unpaired) electrons. The van der Waals surface area contributed by atoms with Crippen molar-refractivity contribution in [1.29, 1.82) is 0 Å². The molecular weight excluding hydrogens is 208 g/mol. The maximum absolute atomic E-state index is 9.25. The summed E-state index contributed by atoms with van der Waals surface area (Å²) in [5.41, 5.74) is 0. The number of amides is 1. The summed E-state index contributed by atoms with van der Waals surface area (Å²) in [5.74, 6) is 0. The van der Waals surface area contributed by atoms with Crippen molar-refractivity contribution in [3.63, 3.8) is 0 Å². The van der Waals surface area contributed by atoms with Crippen molar-refractivity contribution in [3.8, 4) is 0 Å². The summed E-state index contributed by atoms with van der Waals surface area (Å²) < 4.78 is 1.91. The fourth-order valence-corrected chi connectivity index (χ4v) is 0. The molecule has 0 fully saturated rings. The molecule has 0 aromatic rings. The van der Waals surface area contributed by atoms with E-state index >= 15 is 0 Å². The predicted octanol–water partition coefficient (Wildman–Crippen LogP) is -0.0445. The van der Waals surface area contributed by atoms with E-state index in [1.807, 2.05) is 3.53 Å². The molecule has 0 bridgehead atoms. The van der Waals surface area contributed by atoms with E-state index < -0.39 is 6.09 Å². The third kappa shape index (κ3) is 8.89. The van der Waals surface area contributed by atoms with Crippen molar-refractivity contribution in [2.75, 3.05) is 0 Å². The van der Waals surface area contributed by atoms with Crippen molar-refractivity contribution < 1.29 is 9.90 Å². The van der Waals surface area contributed by atoms with Gasteiger partial charge in [-0.15, -0.1) is 0 Å². The Labute approximate surface area is 71.3 Å². The second-order valence-corrected chi connectivity index (χ2v) is 0.939. The first-order valence-electron chi connectivity index (χ1n) is 0.867. The summed E-state index contributed by atoms with van der Waals surface area (Å²) in [5, 5.41) is 7.60. The molecule has 0 saturated heterocycles. The number of hydrogen-bond acceptors (Lipinski definition) is 1. The summed E-state index contributed by atoms with van der Waals surface area (Å²) >= 11 is 1.53. The summed E-state index contributed by atoms with van der Waals surface area (Å²) in [6.07, 6.45) is -1.01. The van der Waals surface area contributed by atoms with Gasteiger partial charge in [-0.1, -0.05) is 0 Å². The van der Waals surface area contributed by atoms with Gasteiger partial charge in [0, 0.05) is 0 Å². The summed E-state index contributed by atoms with van der Waals surface area (Å²) in [6, 6.07) is 0. The van der Waals surface area contributed by atoms with E-state index in [1.165, 1.54) is 22.9 Å². The van der Waals surface area contributed by atoms with Crippen LogP contribution >= 0.6 is 22.9 Å². The van der Waals surface area contributed by atoms with Crippen molar-refractivity contribution >= 4 is 58.5 Å². The second kappa shape index (κ2) is 6.00. The van der Waals surface area contributed by atoms with Crippen LogP contribution in [0.4, 0.5) is 4.79 Å². The number of nitrogens with one attached hydrogen (secondary N) is 1. The normalized spacial score (nSPS) is 5.50. The first kappa shape index (κ1) is 10.1. The average molecular weight is 211 g/mol. The average Bonchev–Trinajstić information content (AvgIpc) is 1.38. The van der Waals surface area contributed by atoms with Gasteiger partial charge in [0.15, 0.2) is 0 Å². The third-order valence-corrected chi connectivity index (χ3v) is 0.542. The number of rotatable bonds is 0. The van der Waals surface area contributed by atoms with Crippen LogP contribution in [0.1, 0.15) is 0 Å². The molecule has 3 nitrogen and oxygen atoms in total. The topological polar surface area (TPSA) is 49.3 Å². The van der Waals surface area contributed by atoms with Crippen molar-refractivity contribution in [1.82, 2.24) is 3.53 Å². The van der Waals surface area contributed by atoms with Crippen LogP contribution in [0.5, 0.6) is 0 Å². The van der Waals surface area contributed by atoms with Gasteiger partial charge in [-0.2, -0.15) is 0 Å². The van der Waals surface area contributed by atoms with Crippen molar-refractivity contribution in [2.24, 2.45) is 0 Å². The molecule has 0 unspecified atom stereocenters. The third-order valence-electron chi connectivity index (χ3n) is 0.0808. The van der Waals surface area contributed by atoms with Crippen LogP contribution < -0.4 is 3.53 Å². The first-order valence-corrected chi connectivity index (χ1v) is 1.95. The fraction of sp³-hybridized carbons (Fsp3) is 0. The van der Waals surface area contributed by atoms with E-state index in [0.29, 0.717) is 0 Å². The minimum atomic E-state index is -1.01. The first-order chi connectivity index (χ1) is 2.27. The molecule has 0 spiro atoms. The van der Waals surface area contributed by atoms with Gasteiger partial charge in [-0.3, -0.25) is 3.53 Å². The number of hydrogen-bond donors (Lipinski definition) is 2. The predicted molar refractivity (Wildman–Crippen MR) is 32.3 cm³/mol. The van der Waals surface area contributed by atoms with Crippen LogP contribution in [-0.2, 0) is 0 Å². The monoisotopic (exact) mass is 211 g/mol. The molecule has 2 N–H and O–H groups in total. The molecule has 0 rings (SSSR count). The van der Waals surface area contributed by atoms with E-state index in [2.05, 4.69) is 0 Å². The van der Waals surface area contributed by atoms with Crippen LogP contribution in [-0.4, -0.2) is 40.8 Å². The van der Waals surface area contributed by atoms with Gasteiger partial charge in [0.05, 0.1) is 22.9 Å². The van der Waals surface area contributed by atoms with E-state index in [-0.39, 0.29) is 29.6 Å². The molecule has 0 heterocycles. The summed E-state index contributed by atoms with van der Waals surface area (Å²) in [4.78, 5) is 9.25. The quantitative estimate of drug-likeness (QED) is 0.335. The van der Waals surface area contributed by atoms with Gasteiger partial charge in [-0.25, -0.2) is 4.79 Å². The van der Waals surface area contributed by atoms with E-state index in [1.54, 1.807) is 0 Å². The zero-order chi connectivity index (χ0) is 4.28. The molecular formula is CH3INNaO2. The standard InChI is InChI=1S/CH2INO2.Na.H/c2-3-1(4)5;;/h3H,(H,4,5);;. The molecule has 0 aliphatic carbocycles. The molecule has 0 saturated carbocycles. The van der Waals surface area contributed by atoms with Crippen LogP contribution in [0, 0.1) is 0 Å². The molecule has 0 aliphatic rings. The van der Waals surface area contributed by atoms with Gasteiger partial charge >= 0.3 is 35.7 Å². The Hall–Kier alpha value is 1.00. The van der Waals surface area contributed by atoms with Crippen LogP contribution in [0.2, 0.25) is 0 Å². The second-order valence-electron chi connectivity index (χ2n) is 0.400. The van der Waals surface area contributed by atoms with Gasteiger partial charge < -0.3 is 5.11 Å². The SMILES string of the molecule is O=C(O)NI.[NaH]. The van der Waals surface area contributed by atoms with E-state index in [0.717, 1.165) is 0 Å². The Kier molecular flexibility index (Phi) is 10.1. The molecule has 32 valence electrons. The number of carboxylic acid groups (broad SMARTS) is 1. The Morgan fingerprint density at radius 3 is 2.00 bits per heavy atom. The van der Waals surface area contributed by atoms with Crippen molar-refractivity contribution in [2.45, 2.75) is 0 Å². The van der Waals surface area contributed by atoms with Gasteiger partial charge in [0.1, 0.15) is 0 Å². The number of carbonyl (C=O) groups is 1. The molecule has 5 heteroatoms. The summed E-state index contributed by atoms with van der Waals surface area (Å²) in [7, 11) is 0. The van der Waals surface area contributed by atoms with Crippen LogP contribution in [0.3, 0.4) is 0 Å². The van der Waals surface area contributed by atoms with E-state index in [4.69, 9.17) is 5.11 Å². The fourth-order valence-electron chi connectivity index (χ4n) is 0. The van der Waals surface area contributed by atoms with Gasteiger partial charge in [-0.05, 0) is 0 Å². The van der Waals surface area contributed by atoms with Gasteiger partial charge in [0.25, 0.3) is 0 Å². The van der Waals surface area contributed by atoms with Crippen molar-refractivity contribution in [3.05, 3.63) is 0 Å². The van der Waals surface area contributed by atoms with Gasteiger partial charge in [0.2, 0.25) is 0 Å². The Bertz CT molecular complexity index is 48.8. The molecule has 6 heavy (non-hydrogen) atoms. The van der Waals surface area contributed by atoms with E-state index in [9.17, 15) is 4.79 Å². The Morgan fingerprint density at radius 2 is 2.00 bits per heavy atom. The Morgan fingerprint density at radius 1 is 1.83 bits per heavy atom. The number of halogens is 1. The van der Waals surface area contributed by atoms with Crippen LogP contribution in [0.15, 0.2) is 0 Å². The zero-order valence-corrected chi connectivity index (χ0v) is 4.39. The Balaban J connectivity index is 0. The maximum atomic E-state index is 9.25.